The highest BCUT2D eigenvalue weighted by molar-refractivity contribution is 7.84. The molecule has 1 unspecified atom stereocenters. The third-order valence-electron chi connectivity index (χ3n) is 3.66. The second kappa shape index (κ2) is 7.18. The van der Waals surface area contributed by atoms with E-state index in [2.05, 4.69) is 56.0 Å². The Morgan fingerprint density at radius 2 is 2.00 bits per heavy atom. The zero-order valence-corrected chi connectivity index (χ0v) is 14.9. The first-order chi connectivity index (χ1) is 10.4. The molecule has 2 rings (SSSR count). The minimum atomic E-state index is -0.784. The zero-order valence-electron chi connectivity index (χ0n) is 14.1. The third kappa shape index (κ3) is 3.83. The summed E-state index contributed by atoms with van der Waals surface area (Å²) in [5.74, 6) is 3.35. The normalized spacial score (nSPS) is 12.8. The molecule has 0 radical (unpaired) electrons. The molecule has 2 aromatic rings. The topological polar surface area (TPSA) is 47.8 Å². The van der Waals surface area contributed by atoms with E-state index >= 15 is 0 Å². The van der Waals surface area contributed by atoms with Crippen molar-refractivity contribution < 1.29 is 4.21 Å². The number of hydrogen-bond donors (Lipinski definition) is 0. The molecule has 1 aromatic heterocycles. The van der Waals surface area contributed by atoms with Crippen molar-refractivity contribution in [1.82, 2.24) is 14.8 Å². The molecule has 0 saturated heterocycles. The lowest BCUT2D eigenvalue weighted by Crippen LogP contribution is -2.10. The largest absolute Gasteiger partial charge is 0.260 e. The molecule has 120 valence electrons. The van der Waals surface area contributed by atoms with Gasteiger partial charge < -0.3 is 0 Å². The van der Waals surface area contributed by atoms with Crippen LogP contribution in [0.3, 0.4) is 0 Å². The average Bonchev–Trinajstić information content (AvgIpc) is 2.89. The lowest BCUT2D eigenvalue weighted by molar-refractivity contribution is 0.681. The first-order valence-electron chi connectivity index (χ1n) is 7.80. The second-order valence-corrected chi connectivity index (χ2v) is 7.79. The average molecular weight is 319 g/mol. The fourth-order valence-corrected chi connectivity index (χ4v) is 3.05. The van der Waals surface area contributed by atoms with Gasteiger partial charge in [0.15, 0.2) is 5.82 Å². The smallest absolute Gasteiger partial charge is 0.153 e. The molecule has 1 heterocycles. The van der Waals surface area contributed by atoms with Gasteiger partial charge in [-0.1, -0.05) is 38.5 Å². The molecule has 0 fully saturated rings. The molecule has 1 atom stereocenters. The highest BCUT2D eigenvalue weighted by Crippen LogP contribution is 2.19. The predicted octanol–water partition coefficient (Wildman–Crippen LogP) is 3.32. The van der Waals surface area contributed by atoms with E-state index in [-0.39, 0.29) is 5.92 Å². The van der Waals surface area contributed by atoms with Crippen LogP contribution in [0.1, 0.15) is 49.5 Å². The van der Waals surface area contributed by atoms with Crippen molar-refractivity contribution in [1.29, 1.82) is 0 Å². The van der Waals surface area contributed by atoms with E-state index in [1.165, 1.54) is 11.1 Å². The van der Waals surface area contributed by atoms with Crippen LogP contribution in [0.5, 0.6) is 0 Å². The van der Waals surface area contributed by atoms with Crippen molar-refractivity contribution in [2.75, 3.05) is 11.5 Å². The van der Waals surface area contributed by atoms with Gasteiger partial charge >= 0.3 is 0 Å². The van der Waals surface area contributed by atoms with E-state index in [9.17, 15) is 4.21 Å². The first kappa shape index (κ1) is 16.9. The number of hydrogen-bond acceptors (Lipinski definition) is 3. The molecule has 0 N–H and O–H groups in total. The van der Waals surface area contributed by atoms with Crippen LogP contribution in [0, 0.1) is 13.8 Å². The van der Waals surface area contributed by atoms with Crippen molar-refractivity contribution in [3.05, 3.63) is 41.0 Å². The fourth-order valence-electron chi connectivity index (χ4n) is 2.35. The number of aryl methyl sites for hydroxylation is 3. The molecule has 0 saturated carbocycles. The Balaban J connectivity index is 2.41. The summed E-state index contributed by atoms with van der Waals surface area (Å²) >= 11 is 0. The molecule has 0 spiro atoms. The van der Waals surface area contributed by atoms with E-state index in [0.717, 1.165) is 17.3 Å². The van der Waals surface area contributed by atoms with E-state index in [4.69, 9.17) is 0 Å². The summed E-state index contributed by atoms with van der Waals surface area (Å²) in [6.45, 7) is 10.3. The Bertz CT molecular complexity index is 677. The van der Waals surface area contributed by atoms with Gasteiger partial charge in [-0.3, -0.25) is 4.21 Å². The molecule has 0 bridgehead atoms. The van der Waals surface area contributed by atoms with Crippen LogP contribution in [0.15, 0.2) is 18.2 Å². The minimum absolute atomic E-state index is 0.280. The van der Waals surface area contributed by atoms with Crippen LogP contribution in [0.25, 0.3) is 5.69 Å². The van der Waals surface area contributed by atoms with Gasteiger partial charge in [-0.15, -0.1) is 0 Å². The summed E-state index contributed by atoms with van der Waals surface area (Å²) < 4.78 is 13.7. The van der Waals surface area contributed by atoms with Gasteiger partial charge in [0.05, 0.1) is 5.69 Å². The van der Waals surface area contributed by atoms with Crippen molar-refractivity contribution >= 4 is 10.8 Å². The van der Waals surface area contributed by atoms with Crippen LogP contribution in [-0.4, -0.2) is 30.5 Å². The molecule has 22 heavy (non-hydrogen) atoms. The fraction of sp³-hybridized carbons (Fsp3) is 0.529. The Hall–Kier alpha value is -1.49. The Kier molecular flexibility index (Phi) is 5.51. The van der Waals surface area contributed by atoms with Gasteiger partial charge in [0.2, 0.25) is 0 Å². The zero-order chi connectivity index (χ0) is 16.3. The highest BCUT2D eigenvalue weighted by atomic mass is 32.2. The van der Waals surface area contributed by atoms with Crippen molar-refractivity contribution in [2.24, 2.45) is 0 Å². The first-order valence-corrected chi connectivity index (χ1v) is 9.29. The summed E-state index contributed by atoms with van der Waals surface area (Å²) in [6.07, 6.45) is 0.688. The molecule has 0 amide bonds. The van der Waals surface area contributed by atoms with Gasteiger partial charge in [0.1, 0.15) is 5.82 Å². The van der Waals surface area contributed by atoms with Crippen LogP contribution < -0.4 is 0 Å². The Morgan fingerprint density at radius 1 is 1.27 bits per heavy atom. The summed E-state index contributed by atoms with van der Waals surface area (Å²) in [5, 5.41) is 4.68. The van der Waals surface area contributed by atoms with E-state index < -0.39 is 10.8 Å². The van der Waals surface area contributed by atoms with Gasteiger partial charge in [0, 0.05) is 34.6 Å². The number of aromatic nitrogens is 3. The number of rotatable bonds is 6. The summed E-state index contributed by atoms with van der Waals surface area (Å²) in [4.78, 5) is 4.67. The van der Waals surface area contributed by atoms with Crippen LogP contribution in [-0.2, 0) is 17.2 Å². The van der Waals surface area contributed by atoms with Crippen molar-refractivity contribution in [3.63, 3.8) is 0 Å². The van der Waals surface area contributed by atoms with Gasteiger partial charge in [-0.05, 0) is 25.5 Å². The maximum atomic E-state index is 11.7. The summed E-state index contributed by atoms with van der Waals surface area (Å²) in [5.41, 5.74) is 3.47. The second-order valence-electron chi connectivity index (χ2n) is 5.93. The van der Waals surface area contributed by atoms with Crippen LogP contribution >= 0.6 is 0 Å². The molecule has 1 aromatic carbocycles. The molecule has 4 nitrogen and oxygen atoms in total. The number of nitrogens with zero attached hydrogens (tertiary/aromatic N) is 3. The maximum Gasteiger partial charge on any atom is 0.153 e. The van der Waals surface area contributed by atoms with Crippen LogP contribution in [0.2, 0.25) is 0 Å². The molecular weight excluding hydrogens is 294 g/mol. The minimum Gasteiger partial charge on any atom is -0.260 e. The molecule has 0 aliphatic rings. The monoisotopic (exact) mass is 319 g/mol. The SMILES string of the molecule is CCS(=O)CCc1nc(C(C)C)nn1-c1ccc(C)cc1C. The van der Waals surface area contributed by atoms with Crippen molar-refractivity contribution in [3.8, 4) is 5.69 Å². The third-order valence-corrected chi connectivity index (χ3v) is 4.97. The van der Waals surface area contributed by atoms with E-state index in [1.54, 1.807) is 0 Å². The Labute approximate surface area is 135 Å². The lowest BCUT2D eigenvalue weighted by atomic mass is 10.1. The lowest BCUT2D eigenvalue weighted by Gasteiger charge is -2.09. The van der Waals surface area contributed by atoms with E-state index in [0.29, 0.717) is 17.9 Å². The number of benzene rings is 1. The van der Waals surface area contributed by atoms with Gasteiger partial charge in [0.25, 0.3) is 0 Å². The molecule has 5 heteroatoms. The van der Waals surface area contributed by atoms with Crippen LogP contribution in [0.4, 0.5) is 0 Å². The maximum absolute atomic E-state index is 11.7. The molecule has 0 aliphatic carbocycles. The standard InChI is InChI=1S/C17H25N3OS/c1-6-22(21)10-9-16-18-17(12(2)3)19-20(16)15-8-7-13(4)11-14(15)5/h7-8,11-12H,6,9-10H2,1-5H3. The van der Waals surface area contributed by atoms with Crippen molar-refractivity contribution in [2.45, 2.75) is 47.0 Å². The summed E-state index contributed by atoms with van der Waals surface area (Å²) in [6, 6.07) is 6.33. The molecular formula is C17H25N3OS. The Morgan fingerprint density at radius 3 is 2.59 bits per heavy atom. The molecule has 0 aliphatic heterocycles. The van der Waals surface area contributed by atoms with E-state index in [1.807, 2.05) is 11.6 Å². The van der Waals surface area contributed by atoms with Gasteiger partial charge in [-0.25, -0.2) is 9.67 Å². The highest BCUT2D eigenvalue weighted by Gasteiger charge is 2.15. The van der Waals surface area contributed by atoms with Gasteiger partial charge in [-0.2, -0.15) is 5.10 Å². The quantitative estimate of drug-likeness (QED) is 0.820. The predicted molar refractivity (Wildman–Crippen MR) is 92.2 cm³/mol. The summed E-state index contributed by atoms with van der Waals surface area (Å²) in [7, 11) is -0.784.